The van der Waals surface area contributed by atoms with Crippen LogP contribution in [0.25, 0.3) is 0 Å². The van der Waals surface area contributed by atoms with E-state index in [0.29, 0.717) is 13.1 Å². The number of carbonyl (C=O) groups excluding carboxylic acids is 2. The van der Waals surface area contributed by atoms with E-state index in [0.717, 1.165) is 0 Å². The molecule has 0 aromatic heterocycles. The first-order valence-electron chi connectivity index (χ1n) is 7.70. The lowest BCUT2D eigenvalue weighted by Crippen LogP contribution is -2.29. The molecule has 0 unspecified atom stereocenters. The molecule has 5 nitrogen and oxygen atoms in total. The third-order valence-electron chi connectivity index (χ3n) is 3.23. The summed E-state index contributed by atoms with van der Waals surface area (Å²) in [4.78, 5) is 24.0. The van der Waals surface area contributed by atoms with Gasteiger partial charge in [-0.1, -0.05) is 0 Å². The first kappa shape index (κ1) is 19.2. The quantitative estimate of drug-likeness (QED) is 0.584. The number of hydrogen-bond acceptors (Lipinski definition) is 5. The molecule has 128 valence electrons. The summed E-state index contributed by atoms with van der Waals surface area (Å²) in [5.41, 5.74) is -1.01. The van der Waals surface area contributed by atoms with Gasteiger partial charge in [-0.3, -0.25) is 9.59 Å². The monoisotopic (exact) mass is 333 g/mol. The van der Waals surface area contributed by atoms with Crippen molar-refractivity contribution in [3.8, 4) is 0 Å². The van der Waals surface area contributed by atoms with Crippen LogP contribution in [0.15, 0.2) is 0 Å². The topological polar surface area (TPSA) is 55.8 Å². The van der Waals surface area contributed by atoms with E-state index in [9.17, 15) is 9.59 Å². The van der Waals surface area contributed by atoms with Crippen molar-refractivity contribution in [2.45, 2.75) is 65.6 Å². The Kier molecular flexibility index (Phi) is 6.27. The Balaban J connectivity index is 2.58. The van der Waals surface area contributed by atoms with Gasteiger partial charge in [-0.25, -0.2) is 4.42 Å². The number of carbonyl (C=O) groups is 2. The van der Waals surface area contributed by atoms with Gasteiger partial charge in [0.05, 0.1) is 0 Å². The number of halogens is 1. The van der Waals surface area contributed by atoms with E-state index in [1.54, 1.807) is 4.42 Å². The molecule has 0 N–H and O–H groups in total. The van der Waals surface area contributed by atoms with Crippen molar-refractivity contribution in [2.75, 3.05) is 13.1 Å². The van der Waals surface area contributed by atoms with E-state index in [4.69, 9.17) is 21.3 Å². The molecule has 22 heavy (non-hydrogen) atoms. The highest BCUT2D eigenvalue weighted by Crippen LogP contribution is 2.31. The average molecular weight is 334 g/mol. The second-order valence-corrected chi connectivity index (χ2v) is 8.41. The van der Waals surface area contributed by atoms with Crippen LogP contribution < -0.4 is 0 Å². The molecule has 2 atom stereocenters. The summed E-state index contributed by atoms with van der Waals surface area (Å²) in [6.07, 6.45) is 0.544. The zero-order valence-electron chi connectivity index (χ0n) is 14.4. The van der Waals surface area contributed by atoms with Crippen molar-refractivity contribution in [2.24, 2.45) is 11.8 Å². The summed E-state index contributed by atoms with van der Waals surface area (Å²) in [6, 6.07) is 0. The van der Waals surface area contributed by atoms with E-state index in [1.165, 1.54) is 0 Å². The fraction of sp³-hybridized carbons (Fsp3) is 0.875. The molecule has 1 heterocycles. The molecule has 6 heteroatoms. The number of hydrogen-bond donors (Lipinski definition) is 0. The zero-order chi connectivity index (χ0) is 17.1. The summed E-state index contributed by atoms with van der Waals surface area (Å²) in [6.45, 7) is 12.2. The number of ether oxygens (including phenoxy) is 2. The van der Waals surface area contributed by atoms with Crippen molar-refractivity contribution in [3.63, 3.8) is 0 Å². The van der Waals surface area contributed by atoms with Gasteiger partial charge in [0.25, 0.3) is 0 Å². The SMILES string of the molecule is CC(C)(C)OC(=O)C[C@@H]1CN(Cl)C[C@@H]1CC(=O)OC(C)(C)C. The van der Waals surface area contributed by atoms with Gasteiger partial charge in [-0.15, -0.1) is 0 Å². The molecule has 0 aliphatic carbocycles. The Morgan fingerprint density at radius 1 is 0.909 bits per heavy atom. The van der Waals surface area contributed by atoms with Gasteiger partial charge in [-0.2, -0.15) is 0 Å². The summed E-state index contributed by atoms with van der Waals surface area (Å²) in [7, 11) is 0. The Morgan fingerprint density at radius 2 is 1.23 bits per heavy atom. The van der Waals surface area contributed by atoms with E-state index >= 15 is 0 Å². The lowest BCUT2D eigenvalue weighted by molar-refractivity contribution is -0.159. The highest BCUT2D eigenvalue weighted by molar-refractivity contribution is 6.13. The Hall–Kier alpha value is -0.810. The molecule has 0 amide bonds. The number of esters is 2. The maximum atomic E-state index is 12.0. The van der Waals surface area contributed by atoms with Crippen molar-refractivity contribution in [3.05, 3.63) is 0 Å². The van der Waals surface area contributed by atoms with Crippen molar-refractivity contribution < 1.29 is 19.1 Å². The predicted molar refractivity (Wildman–Crippen MR) is 85.3 cm³/mol. The van der Waals surface area contributed by atoms with Crippen LogP contribution in [-0.4, -0.2) is 40.6 Å². The zero-order valence-corrected chi connectivity index (χ0v) is 15.2. The lowest BCUT2D eigenvalue weighted by Gasteiger charge is -2.24. The van der Waals surface area contributed by atoms with E-state index in [1.807, 2.05) is 41.5 Å². The highest BCUT2D eigenvalue weighted by Gasteiger charge is 2.36. The first-order chi connectivity index (χ1) is 9.85. The maximum Gasteiger partial charge on any atom is 0.306 e. The van der Waals surface area contributed by atoms with Gasteiger partial charge in [0.15, 0.2) is 0 Å². The minimum atomic E-state index is -0.503. The fourth-order valence-corrected chi connectivity index (χ4v) is 2.89. The molecule has 1 rings (SSSR count). The van der Waals surface area contributed by atoms with Crippen LogP contribution in [0.2, 0.25) is 0 Å². The normalized spacial score (nSPS) is 23.4. The maximum absolute atomic E-state index is 12.0. The molecule has 0 bridgehead atoms. The van der Waals surface area contributed by atoms with Crippen LogP contribution in [-0.2, 0) is 19.1 Å². The number of nitrogens with zero attached hydrogens (tertiary/aromatic N) is 1. The minimum absolute atomic E-state index is 0.0138. The molecule has 0 saturated carbocycles. The largest absolute Gasteiger partial charge is 0.460 e. The minimum Gasteiger partial charge on any atom is -0.460 e. The van der Waals surface area contributed by atoms with Crippen LogP contribution in [0.4, 0.5) is 0 Å². The average Bonchev–Trinajstić information content (AvgIpc) is 2.52. The molecular formula is C16H28ClNO4. The molecule has 0 radical (unpaired) electrons. The van der Waals surface area contributed by atoms with Crippen LogP contribution in [0.3, 0.4) is 0 Å². The standard InChI is InChI=1S/C16H28ClNO4/c1-15(2,3)21-13(19)7-11-9-18(17)10-12(11)8-14(20)22-16(4,5)6/h11-12H,7-10H2,1-6H3/t11-,12+. The third kappa shape index (κ3) is 7.45. The van der Waals surface area contributed by atoms with Crippen LogP contribution in [0.5, 0.6) is 0 Å². The van der Waals surface area contributed by atoms with Crippen LogP contribution >= 0.6 is 11.8 Å². The summed E-state index contributed by atoms with van der Waals surface area (Å²) >= 11 is 6.06. The molecule has 1 saturated heterocycles. The highest BCUT2D eigenvalue weighted by atomic mass is 35.5. The van der Waals surface area contributed by atoms with Gasteiger partial charge in [0.2, 0.25) is 0 Å². The van der Waals surface area contributed by atoms with Crippen LogP contribution in [0, 0.1) is 11.8 Å². The van der Waals surface area contributed by atoms with Gasteiger partial charge < -0.3 is 9.47 Å². The molecule has 0 spiro atoms. The Labute approximate surface area is 138 Å². The summed E-state index contributed by atoms with van der Waals surface area (Å²) in [5.74, 6) is -0.475. The fourth-order valence-electron chi connectivity index (χ4n) is 2.54. The van der Waals surface area contributed by atoms with E-state index in [2.05, 4.69) is 0 Å². The van der Waals surface area contributed by atoms with Crippen LogP contribution in [0.1, 0.15) is 54.4 Å². The Bertz CT molecular complexity index is 373. The van der Waals surface area contributed by atoms with E-state index < -0.39 is 11.2 Å². The van der Waals surface area contributed by atoms with Crippen molar-refractivity contribution in [1.29, 1.82) is 0 Å². The van der Waals surface area contributed by atoms with Crippen molar-refractivity contribution >= 4 is 23.7 Å². The smallest absolute Gasteiger partial charge is 0.306 e. The van der Waals surface area contributed by atoms with Crippen molar-refractivity contribution in [1.82, 2.24) is 4.42 Å². The lowest BCUT2D eigenvalue weighted by atomic mass is 9.90. The summed E-state index contributed by atoms with van der Waals surface area (Å²) in [5, 5.41) is 0. The third-order valence-corrected chi connectivity index (χ3v) is 3.51. The molecule has 0 aromatic carbocycles. The summed E-state index contributed by atoms with van der Waals surface area (Å²) < 4.78 is 12.3. The Morgan fingerprint density at radius 3 is 1.50 bits per heavy atom. The van der Waals surface area contributed by atoms with Gasteiger partial charge in [-0.05, 0) is 65.2 Å². The first-order valence-corrected chi connectivity index (χ1v) is 8.04. The molecular weight excluding hydrogens is 306 g/mol. The molecule has 0 aromatic rings. The van der Waals surface area contributed by atoms with Gasteiger partial charge in [0, 0.05) is 25.9 Å². The molecule has 1 aliphatic rings. The second-order valence-electron chi connectivity index (χ2n) is 7.93. The molecule has 1 aliphatic heterocycles. The van der Waals surface area contributed by atoms with Gasteiger partial charge in [0.1, 0.15) is 11.2 Å². The second kappa shape index (κ2) is 7.18. The van der Waals surface area contributed by atoms with E-state index in [-0.39, 0.29) is 36.6 Å². The molecule has 1 fully saturated rings. The predicted octanol–water partition coefficient (Wildman–Crippen LogP) is 3.15. The number of rotatable bonds is 4. The van der Waals surface area contributed by atoms with Gasteiger partial charge >= 0.3 is 11.9 Å².